The Labute approximate surface area is 438 Å². The number of rotatable bonds is 52. The second-order valence-electron chi connectivity index (χ2n) is 19.2. The van der Waals surface area contributed by atoms with Crippen molar-refractivity contribution in [3.05, 3.63) is 109 Å². The van der Waals surface area contributed by atoms with Crippen molar-refractivity contribution in [2.45, 2.75) is 271 Å². The fourth-order valence-electron chi connectivity index (χ4n) is 7.76. The molecule has 0 unspecified atom stereocenters. The van der Waals surface area contributed by atoms with Gasteiger partial charge in [-0.15, -0.1) is 0 Å². The van der Waals surface area contributed by atoms with Crippen LogP contribution in [0.25, 0.3) is 0 Å². The molecule has 0 aliphatic rings. The highest BCUT2D eigenvalue weighted by atomic mass is 16.6. The first-order chi connectivity index (χ1) is 35.0. The van der Waals surface area contributed by atoms with E-state index in [4.69, 9.17) is 14.2 Å². The summed E-state index contributed by atoms with van der Waals surface area (Å²) in [6.45, 7) is 6.52. The molecule has 0 heterocycles. The second kappa shape index (κ2) is 58.6. The molecule has 0 aliphatic carbocycles. The van der Waals surface area contributed by atoms with Crippen LogP contribution in [0.4, 0.5) is 0 Å². The minimum atomic E-state index is -0.814. The molecule has 0 rings (SSSR count). The largest absolute Gasteiger partial charge is 0.462 e. The Balaban J connectivity index is 4.53. The van der Waals surface area contributed by atoms with Gasteiger partial charge in [-0.25, -0.2) is 0 Å². The fourth-order valence-corrected chi connectivity index (χ4v) is 7.76. The second-order valence-corrected chi connectivity index (χ2v) is 19.2. The standard InChI is InChI=1S/C65H108O6/c1-4-7-10-13-16-19-22-25-28-30-32-34-37-40-43-46-49-52-55-58-64(67)70-61-62(60-69-63(66)57-54-51-48-45-42-39-36-27-24-21-18-15-12-9-6-3)71-65(68)59-56-53-50-47-44-41-38-35-33-31-29-26-23-20-17-14-11-8-5-2/h16-17,19-20,25-29,32-36,40-41,43-44,62H,4-15,18,21-24,30-31,37-39,42,45-61H2,1-3H3/b19-16-,20-17-,28-25-,29-26-,34-32-,35-33-,36-27-,43-40-,44-41-/t62-/m1/s1. The van der Waals surface area contributed by atoms with Gasteiger partial charge in [-0.3, -0.25) is 14.4 Å². The van der Waals surface area contributed by atoms with Gasteiger partial charge in [0.1, 0.15) is 13.2 Å². The van der Waals surface area contributed by atoms with Gasteiger partial charge in [-0.05, 0) is 135 Å². The molecule has 0 bridgehead atoms. The van der Waals surface area contributed by atoms with Crippen LogP contribution in [0.3, 0.4) is 0 Å². The number of esters is 3. The number of hydrogen-bond donors (Lipinski definition) is 0. The summed E-state index contributed by atoms with van der Waals surface area (Å²) in [6, 6.07) is 0. The third-order valence-corrected chi connectivity index (χ3v) is 12.2. The van der Waals surface area contributed by atoms with Crippen molar-refractivity contribution in [2.75, 3.05) is 13.2 Å². The van der Waals surface area contributed by atoms with Crippen LogP contribution >= 0.6 is 0 Å². The Morgan fingerprint density at radius 2 is 0.507 bits per heavy atom. The molecule has 0 aliphatic heterocycles. The van der Waals surface area contributed by atoms with E-state index in [1.54, 1.807) is 0 Å². The minimum absolute atomic E-state index is 0.107. The maximum Gasteiger partial charge on any atom is 0.306 e. The van der Waals surface area contributed by atoms with Crippen LogP contribution in [0, 0.1) is 0 Å². The summed E-state index contributed by atoms with van der Waals surface area (Å²) in [5.74, 6) is -0.977. The first-order valence-electron chi connectivity index (χ1n) is 29.4. The van der Waals surface area contributed by atoms with E-state index >= 15 is 0 Å². The predicted molar refractivity (Wildman–Crippen MR) is 307 cm³/mol. The summed E-state index contributed by atoms with van der Waals surface area (Å²) in [6.07, 6.45) is 79.3. The lowest BCUT2D eigenvalue weighted by Gasteiger charge is -2.18. The predicted octanol–water partition coefficient (Wildman–Crippen LogP) is 19.9. The summed E-state index contributed by atoms with van der Waals surface area (Å²) in [5.41, 5.74) is 0. The van der Waals surface area contributed by atoms with Crippen LogP contribution in [0.5, 0.6) is 0 Å². The highest BCUT2D eigenvalue weighted by Crippen LogP contribution is 2.13. The SMILES string of the molecule is CCCCC/C=C\C/C=C\C/C=C\C/C=C\CCCCCC(=O)OC[C@@H](COC(=O)CCCCCCC/C=C\CCCCCCCC)OC(=O)CCCCC/C=C\C/C=C\C/C=C\C/C=C\CCCCC. The third-order valence-electron chi connectivity index (χ3n) is 12.2. The lowest BCUT2D eigenvalue weighted by molar-refractivity contribution is -0.167. The normalized spacial score (nSPS) is 12.9. The molecule has 6 heteroatoms. The number of allylic oxidation sites excluding steroid dienone is 18. The lowest BCUT2D eigenvalue weighted by Crippen LogP contribution is -2.30. The molecule has 1 atom stereocenters. The maximum atomic E-state index is 12.9. The smallest absolute Gasteiger partial charge is 0.306 e. The fraction of sp³-hybridized carbons (Fsp3) is 0.677. The van der Waals surface area contributed by atoms with Gasteiger partial charge in [0.2, 0.25) is 0 Å². The van der Waals surface area contributed by atoms with Crippen molar-refractivity contribution in [3.63, 3.8) is 0 Å². The van der Waals surface area contributed by atoms with Crippen molar-refractivity contribution in [1.82, 2.24) is 0 Å². The molecule has 0 N–H and O–H groups in total. The number of ether oxygens (including phenoxy) is 3. The van der Waals surface area contributed by atoms with Gasteiger partial charge in [0.15, 0.2) is 6.10 Å². The summed E-state index contributed by atoms with van der Waals surface area (Å²) in [4.78, 5) is 38.2. The van der Waals surface area contributed by atoms with Crippen molar-refractivity contribution in [2.24, 2.45) is 0 Å². The average molecular weight is 986 g/mol. The van der Waals surface area contributed by atoms with E-state index in [1.165, 1.54) is 103 Å². The van der Waals surface area contributed by atoms with E-state index in [1.807, 2.05) is 0 Å². The summed E-state index contributed by atoms with van der Waals surface area (Å²) < 4.78 is 16.8. The van der Waals surface area contributed by atoms with Crippen LogP contribution in [0.2, 0.25) is 0 Å². The maximum absolute atomic E-state index is 12.9. The van der Waals surface area contributed by atoms with Crippen LogP contribution in [-0.4, -0.2) is 37.2 Å². The quantitative estimate of drug-likeness (QED) is 0.0261. The van der Waals surface area contributed by atoms with Gasteiger partial charge >= 0.3 is 17.9 Å². The zero-order chi connectivity index (χ0) is 51.4. The van der Waals surface area contributed by atoms with E-state index in [0.717, 1.165) is 122 Å². The van der Waals surface area contributed by atoms with E-state index in [-0.39, 0.29) is 37.5 Å². The summed E-state index contributed by atoms with van der Waals surface area (Å²) in [7, 11) is 0. The molecule has 0 aromatic rings. The van der Waals surface area contributed by atoms with Crippen LogP contribution in [0.15, 0.2) is 109 Å². The number of unbranched alkanes of at least 4 members (excludes halogenated alkanes) is 23. The van der Waals surface area contributed by atoms with Crippen LogP contribution in [0.1, 0.15) is 265 Å². The molecular formula is C65H108O6. The van der Waals surface area contributed by atoms with Gasteiger partial charge in [-0.2, -0.15) is 0 Å². The number of hydrogen-bond acceptors (Lipinski definition) is 6. The summed E-state index contributed by atoms with van der Waals surface area (Å²) >= 11 is 0. The zero-order valence-electron chi connectivity index (χ0n) is 46.2. The monoisotopic (exact) mass is 985 g/mol. The molecule has 0 aromatic carbocycles. The Bertz CT molecular complexity index is 1460. The molecule has 404 valence electrons. The number of carbonyl (C=O) groups excluding carboxylic acids is 3. The van der Waals surface area contributed by atoms with Gasteiger partial charge < -0.3 is 14.2 Å². The Hall–Kier alpha value is -3.93. The molecular weight excluding hydrogens is 877 g/mol. The Morgan fingerprint density at radius 3 is 0.845 bits per heavy atom. The Morgan fingerprint density at radius 1 is 0.282 bits per heavy atom. The first kappa shape index (κ1) is 67.1. The molecule has 71 heavy (non-hydrogen) atoms. The van der Waals surface area contributed by atoms with E-state index in [9.17, 15) is 14.4 Å². The first-order valence-corrected chi connectivity index (χ1v) is 29.4. The van der Waals surface area contributed by atoms with Crippen molar-refractivity contribution >= 4 is 17.9 Å². The highest BCUT2D eigenvalue weighted by Gasteiger charge is 2.19. The van der Waals surface area contributed by atoms with E-state index < -0.39 is 6.10 Å². The van der Waals surface area contributed by atoms with Crippen LogP contribution in [-0.2, 0) is 28.6 Å². The number of carbonyl (C=O) groups is 3. The Kier molecular flexibility index (Phi) is 55.4. The molecule has 0 fully saturated rings. The van der Waals surface area contributed by atoms with Gasteiger partial charge in [-0.1, -0.05) is 220 Å². The van der Waals surface area contributed by atoms with Crippen molar-refractivity contribution in [3.8, 4) is 0 Å². The molecule has 0 spiro atoms. The molecule has 0 aromatic heterocycles. The summed E-state index contributed by atoms with van der Waals surface area (Å²) in [5, 5.41) is 0. The van der Waals surface area contributed by atoms with Crippen LogP contribution < -0.4 is 0 Å². The highest BCUT2D eigenvalue weighted by molar-refractivity contribution is 5.71. The van der Waals surface area contributed by atoms with E-state index in [2.05, 4.69) is 130 Å². The topological polar surface area (TPSA) is 78.9 Å². The average Bonchev–Trinajstić information content (AvgIpc) is 3.37. The zero-order valence-corrected chi connectivity index (χ0v) is 46.2. The van der Waals surface area contributed by atoms with Gasteiger partial charge in [0, 0.05) is 19.3 Å². The van der Waals surface area contributed by atoms with E-state index in [0.29, 0.717) is 12.8 Å². The lowest BCUT2D eigenvalue weighted by atomic mass is 10.1. The van der Waals surface area contributed by atoms with Gasteiger partial charge in [0.05, 0.1) is 0 Å². The third kappa shape index (κ3) is 56.9. The molecule has 0 saturated heterocycles. The van der Waals surface area contributed by atoms with Crippen molar-refractivity contribution in [1.29, 1.82) is 0 Å². The molecule has 0 saturated carbocycles. The molecule has 0 radical (unpaired) electrons. The van der Waals surface area contributed by atoms with Crippen molar-refractivity contribution < 1.29 is 28.6 Å². The van der Waals surface area contributed by atoms with Gasteiger partial charge in [0.25, 0.3) is 0 Å². The minimum Gasteiger partial charge on any atom is -0.462 e. The molecule has 6 nitrogen and oxygen atoms in total. The molecule has 0 amide bonds.